The number of carboxylic acid groups (broad SMARTS) is 1. The third-order valence-electron chi connectivity index (χ3n) is 3.42. The van der Waals surface area contributed by atoms with Gasteiger partial charge in [0.2, 0.25) is 0 Å². The maximum atomic E-state index is 11.2. The second-order valence-corrected chi connectivity index (χ2v) is 6.25. The Morgan fingerprint density at radius 1 is 1.57 bits per heavy atom. The summed E-state index contributed by atoms with van der Waals surface area (Å²) in [4.78, 5) is 16.6. The van der Waals surface area contributed by atoms with E-state index in [-0.39, 0.29) is 0 Å². The number of nitrogens with zero attached hydrogens (tertiary/aromatic N) is 1. The van der Waals surface area contributed by atoms with Crippen LogP contribution in [0.3, 0.4) is 0 Å². The lowest BCUT2D eigenvalue weighted by atomic mass is 10.1. The number of hydrogen-bond donors (Lipinski definition) is 2. The van der Waals surface area contributed by atoms with Gasteiger partial charge in [-0.2, -0.15) is 0 Å². The number of aryl methyl sites for hydroxylation is 1. The molecule has 0 bridgehead atoms. The summed E-state index contributed by atoms with van der Waals surface area (Å²) in [5.41, 5.74) is 1.39. The number of aromatic nitrogens is 1. The molecule has 1 unspecified atom stereocenters. The molecule has 0 amide bonds. The SMILES string of the molecule is COc1ccc(Cl)cc1Nc1nc2c(s1)CCC2C(=O)O. The number of anilines is 2. The minimum Gasteiger partial charge on any atom is -0.495 e. The number of carbonyl (C=O) groups is 1. The van der Waals surface area contributed by atoms with Crippen LogP contribution in [-0.2, 0) is 11.2 Å². The quantitative estimate of drug-likeness (QED) is 0.898. The number of methoxy groups -OCH3 is 1. The fraction of sp³-hybridized carbons (Fsp3) is 0.286. The normalized spacial score (nSPS) is 16.6. The van der Waals surface area contributed by atoms with Gasteiger partial charge in [0.1, 0.15) is 11.7 Å². The van der Waals surface area contributed by atoms with E-state index in [9.17, 15) is 9.90 Å². The van der Waals surface area contributed by atoms with Crippen molar-refractivity contribution >= 4 is 39.7 Å². The van der Waals surface area contributed by atoms with Crippen molar-refractivity contribution in [3.63, 3.8) is 0 Å². The smallest absolute Gasteiger partial charge is 0.312 e. The molecule has 7 heteroatoms. The van der Waals surface area contributed by atoms with Gasteiger partial charge in [-0.15, -0.1) is 11.3 Å². The molecule has 5 nitrogen and oxygen atoms in total. The van der Waals surface area contributed by atoms with Crippen LogP contribution in [0.4, 0.5) is 10.8 Å². The highest BCUT2D eigenvalue weighted by atomic mass is 35.5. The van der Waals surface area contributed by atoms with Crippen LogP contribution < -0.4 is 10.1 Å². The van der Waals surface area contributed by atoms with E-state index >= 15 is 0 Å². The van der Waals surface area contributed by atoms with E-state index in [0.717, 1.165) is 11.3 Å². The van der Waals surface area contributed by atoms with Crippen molar-refractivity contribution in [3.05, 3.63) is 33.8 Å². The van der Waals surface area contributed by atoms with Crippen molar-refractivity contribution in [1.29, 1.82) is 0 Å². The fourth-order valence-corrected chi connectivity index (χ4v) is 3.64. The third kappa shape index (κ3) is 2.69. The first-order valence-electron chi connectivity index (χ1n) is 6.41. The Bertz CT molecular complexity index is 702. The lowest BCUT2D eigenvalue weighted by molar-refractivity contribution is -0.138. The molecule has 0 radical (unpaired) electrons. The van der Waals surface area contributed by atoms with Crippen molar-refractivity contribution in [2.45, 2.75) is 18.8 Å². The summed E-state index contributed by atoms with van der Waals surface area (Å²) in [5.74, 6) is -0.650. The summed E-state index contributed by atoms with van der Waals surface area (Å²) in [5, 5.41) is 13.6. The number of fused-ring (bicyclic) bond motifs is 1. The predicted molar refractivity (Wildman–Crippen MR) is 82.1 cm³/mol. The van der Waals surface area contributed by atoms with Gasteiger partial charge in [0.05, 0.1) is 18.5 Å². The van der Waals surface area contributed by atoms with Crippen LogP contribution in [0.2, 0.25) is 5.02 Å². The Hall–Kier alpha value is -1.79. The molecule has 1 heterocycles. The molecule has 1 aromatic heterocycles. The van der Waals surface area contributed by atoms with E-state index in [1.807, 2.05) is 0 Å². The number of thiazole rings is 1. The fourth-order valence-electron chi connectivity index (χ4n) is 2.41. The highest BCUT2D eigenvalue weighted by Gasteiger charge is 2.32. The Morgan fingerprint density at radius 2 is 2.38 bits per heavy atom. The molecule has 3 rings (SSSR count). The Labute approximate surface area is 130 Å². The molecule has 1 aliphatic carbocycles. The molecule has 1 aromatic carbocycles. The minimum atomic E-state index is -0.814. The van der Waals surface area contributed by atoms with Gasteiger partial charge in [0.15, 0.2) is 5.13 Å². The van der Waals surface area contributed by atoms with E-state index in [0.29, 0.717) is 33.7 Å². The topological polar surface area (TPSA) is 71.5 Å². The number of ether oxygens (including phenoxy) is 1. The molecule has 110 valence electrons. The molecule has 0 aliphatic heterocycles. The van der Waals surface area contributed by atoms with Crippen molar-refractivity contribution in [1.82, 2.24) is 4.98 Å². The van der Waals surface area contributed by atoms with Gasteiger partial charge in [-0.05, 0) is 31.0 Å². The highest BCUT2D eigenvalue weighted by Crippen LogP contribution is 2.40. The van der Waals surface area contributed by atoms with Gasteiger partial charge < -0.3 is 15.2 Å². The first-order chi connectivity index (χ1) is 10.1. The standard InChI is InChI=1S/C14H13ClN2O3S/c1-20-10-4-2-7(15)6-9(10)16-14-17-12-8(13(18)19)3-5-11(12)21-14/h2,4,6,8H,3,5H2,1H3,(H,16,17)(H,18,19). The van der Waals surface area contributed by atoms with Gasteiger partial charge >= 0.3 is 5.97 Å². The number of carboxylic acids is 1. The molecule has 0 spiro atoms. The molecule has 2 N–H and O–H groups in total. The Balaban J connectivity index is 1.89. The van der Waals surface area contributed by atoms with Crippen LogP contribution in [0.25, 0.3) is 0 Å². The molecular formula is C14H13ClN2O3S. The minimum absolute atomic E-state index is 0.493. The molecule has 21 heavy (non-hydrogen) atoms. The van der Waals surface area contributed by atoms with E-state index in [2.05, 4.69) is 10.3 Å². The zero-order chi connectivity index (χ0) is 15.0. The molecule has 2 aromatic rings. The number of aliphatic carboxylic acids is 1. The largest absolute Gasteiger partial charge is 0.495 e. The lowest BCUT2D eigenvalue weighted by Gasteiger charge is -2.09. The second kappa shape index (κ2) is 5.54. The molecule has 0 saturated carbocycles. The summed E-state index contributed by atoms with van der Waals surface area (Å²) < 4.78 is 5.27. The van der Waals surface area contributed by atoms with Gasteiger partial charge in [-0.1, -0.05) is 11.6 Å². The first-order valence-corrected chi connectivity index (χ1v) is 7.61. The molecule has 0 saturated heterocycles. The van der Waals surface area contributed by atoms with Crippen LogP contribution in [0, 0.1) is 0 Å². The summed E-state index contributed by atoms with van der Waals surface area (Å²) >= 11 is 7.47. The zero-order valence-corrected chi connectivity index (χ0v) is 12.8. The van der Waals surface area contributed by atoms with Gasteiger partial charge in [0.25, 0.3) is 0 Å². The zero-order valence-electron chi connectivity index (χ0n) is 11.2. The van der Waals surface area contributed by atoms with E-state index in [1.54, 1.807) is 25.3 Å². The average Bonchev–Trinajstić information content (AvgIpc) is 2.98. The van der Waals surface area contributed by atoms with Gasteiger partial charge in [-0.25, -0.2) is 4.98 Å². The van der Waals surface area contributed by atoms with Gasteiger partial charge in [0, 0.05) is 9.90 Å². The number of hydrogen-bond acceptors (Lipinski definition) is 5. The summed E-state index contributed by atoms with van der Waals surface area (Å²) in [6, 6.07) is 5.27. The predicted octanol–water partition coefficient (Wildman–Crippen LogP) is 3.66. The number of halogens is 1. The average molecular weight is 325 g/mol. The highest BCUT2D eigenvalue weighted by molar-refractivity contribution is 7.15. The maximum absolute atomic E-state index is 11.2. The molecular weight excluding hydrogens is 312 g/mol. The second-order valence-electron chi connectivity index (χ2n) is 4.73. The van der Waals surface area contributed by atoms with Crippen LogP contribution >= 0.6 is 22.9 Å². The van der Waals surface area contributed by atoms with Gasteiger partial charge in [-0.3, -0.25) is 4.79 Å². The monoisotopic (exact) mass is 324 g/mol. The maximum Gasteiger partial charge on any atom is 0.312 e. The lowest BCUT2D eigenvalue weighted by Crippen LogP contribution is -2.08. The van der Waals surface area contributed by atoms with Crippen LogP contribution in [-0.4, -0.2) is 23.2 Å². The van der Waals surface area contributed by atoms with Crippen LogP contribution in [0.1, 0.15) is 22.9 Å². The van der Waals surface area contributed by atoms with Crippen molar-refractivity contribution in [2.24, 2.45) is 0 Å². The number of rotatable bonds is 4. The van der Waals surface area contributed by atoms with Crippen LogP contribution in [0.15, 0.2) is 18.2 Å². The molecule has 0 fully saturated rings. The van der Waals surface area contributed by atoms with Crippen LogP contribution in [0.5, 0.6) is 5.75 Å². The van der Waals surface area contributed by atoms with E-state index < -0.39 is 11.9 Å². The number of benzene rings is 1. The van der Waals surface area contributed by atoms with E-state index in [1.165, 1.54) is 11.3 Å². The molecule has 1 atom stereocenters. The number of nitrogens with one attached hydrogen (secondary N) is 1. The van der Waals surface area contributed by atoms with E-state index in [4.69, 9.17) is 16.3 Å². The Kier molecular flexibility index (Phi) is 3.73. The van der Waals surface area contributed by atoms with Crippen molar-refractivity contribution < 1.29 is 14.6 Å². The summed E-state index contributed by atoms with van der Waals surface area (Å²) in [7, 11) is 1.58. The molecule has 1 aliphatic rings. The third-order valence-corrected chi connectivity index (χ3v) is 4.70. The van der Waals surface area contributed by atoms with Crippen molar-refractivity contribution in [2.75, 3.05) is 12.4 Å². The first kappa shape index (κ1) is 14.2. The van der Waals surface area contributed by atoms with Crippen molar-refractivity contribution in [3.8, 4) is 5.75 Å². The summed E-state index contributed by atoms with van der Waals surface area (Å²) in [6.45, 7) is 0. The Morgan fingerprint density at radius 3 is 3.10 bits per heavy atom. The summed E-state index contributed by atoms with van der Waals surface area (Å²) in [6.07, 6.45) is 1.39.